The summed E-state index contributed by atoms with van der Waals surface area (Å²) in [5.74, 6) is 2.01. The molecule has 3 fully saturated rings. The standard InChI is InChI=1S/C21H31N3O3/c22-20-17-5-4-16(13-17)19(20)21(25)23-14-15-2-1-3-18(12-15)27-11-8-24-6-9-26-10-7-24/h1-3,12,16-17,19-20H,4-11,13-14,22H2,(H,23,25). The third-order valence-corrected chi connectivity index (χ3v) is 6.43. The molecule has 0 spiro atoms. The Kier molecular flexibility index (Phi) is 5.95. The highest BCUT2D eigenvalue weighted by molar-refractivity contribution is 5.80. The fraction of sp³-hybridized carbons (Fsp3) is 0.667. The minimum absolute atomic E-state index is 0.00305. The molecule has 2 saturated carbocycles. The van der Waals surface area contributed by atoms with Crippen LogP contribution < -0.4 is 15.8 Å². The molecule has 1 amide bonds. The van der Waals surface area contributed by atoms with Crippen molar-refractivity contribution in [2.75, 3.05) is 39.5 Å². The molecule has 1 aromatic rings. The predicted molar refractivity (Wildman–Crippen MR) is 103 cm³/mol. The molecule has 1 aliphatic heterocycles. The molecule has 0 radical (unpaired) electrons. The van der Waals surface area contributed by atoms with E-state index in [0.717, 1.165) is 57.0 Å². The highest BCUT2D eigenvalue weighted by atomic mass is 16.5. The summed E-state index contributed by atoms with van der Waals surface area (Å²) in [6.45, 7) is 5.66. The number of hydrogen-bond acceptors (Lipinski definition) is 5. The fourth-order valence-electron chi connectivity index (χ4n) is 4.89. The van der Waals surface area contributed by atoms with Crippen LogP contribution in [-0.2, 0) is 16.1 Å². The van der Waals surface area contributed by atoms with Crippen LogP contribution in [0.1, 0.15) is 24.8 Å². The first-order valence-corrected chi connectivity index (χ1v) is 10.3. The van der Waals surface area contributed by atoms with E-state index in [4.69, 9.17) is 15.2 Å². The van der Waals surface area contributed by atoms with Crippen LogP contribution in [0.3, 0.4) is 0 Å². The van der Waals surface area contributed by atoms with Crippen LogP contribution in [0.5, 0.6) is 5.75 Å². The first-order chi connectivity index (χ1) is 13.2. The number of benzene rings is 1. The van der Waals surface area contributed by atoms with Gasteiger partial charge in [0.15, 0.2) is 0 Å². The molecule has 1 heterocycles. The van der Waals surface area contributed by atoms with Crippen LogP contribution >= 0.6 is 0 Å². The Labute approximate surface area is 161 Å². The zero-order chi connectivity index (χ0) is 18.6. The van der Waals surface area contributed by atoms with Crippen molar-refractivity contribution >= 4 is 5.91 Å². The van der Waals surface area contributed by atoms with E-state index >= 15 is 0 Å². The summed E-state index contributed by atoms with van der Waals surface area (Å²) in [6.07, 6.45) is 3.48. The lowest BCUT2D eigenvalue weighted by molar-refractivity contribution is -0.127. The summed E-state index contributed by atoms with van der Waals surface area (Å²) in [6, 6.07) is 8.03. The summed E-state index contributed by atoms with van der Waals surface area (Å²) in [7, 11) is 0. The zero-order valence-corrected chi connectivity index (χ0v) is 15.9. The maximum atomic E-state index is 12.6. The summed E-state index contributed by atoms with van der Waals surface area (Å²) in [4.78, 5) is 15.0. The van der Waals surface area contributed by atoms with Crippen molar-refractivity contribution in [1.82, 2.24) is 10.2 Å². The lowest BCUT2D eigenvalue weighted by Gasteiger charge is -2.27. The maximum absolute atomic E-state index is 12.6. The van der Waals surface area contributed by atoms with Crippen molar-refractivity contribution < 1.29 is 14.3 Å². The molecule has 4 rings (SSSR count). The zero-order valence-electron chi connectivity index (χ0n) is 15.9. The van der Waals surface area contributed by atoms with Crippen molar-refractivity contribution in [2.45, 2.75) is 31.8 Å². The van der Waals surface area contributed by atoms with Crippen molar-refractivity contribution in [3.63, 3.8) is 0 Å². The maximum Gasteiger partial charge on any atom is 0.225 e. The molecule has 27 heavy (non-hydrogen) atoms. The number of carbonyl (C=O) groups excluding carboxylic acids is 1. The Balaban J connectivity index is 1.23. The molecule has 4 unspecified atom stereocenters. The molecule has 1 aromatic carbocycles. The van der Waals surface area contributed by atoms with Crippen LogP contribution in [0.25, 0.3) is 0 Å². The van der Waals surface area contributed by atoms with E-state index in [1.165, 1.54) is 6.42 Å². The molecule has 2 bridgehead atoms. The van der Waals surface area contributed by atoms with Crippen LogP contribution in [0.2, 0.25) is 0 Å². The molecule has 3 aliphatic rings. The van der Waals surface area contributed by atoms with E-state index in [1.54, 1.807) is 0 Å². The second-order valence-corrected chi connectivity index (χ2v) is 8.10. The minimum Gasteiger partial charge on any atom is -0.492 e. The monoisotopic (exact) mass is 373 g/mol. The average molecular weight is 373 g/mol. The second kappa shape index (κ2) is 8.59. The van der Waals surface area contributed by atoms with E-state index in [9.17, 15) is 4.79 Å². The molecule has 2 aliphatic carbocycles. The summed E-state index contributed by atoms with van der Waals surface area (Å²) >= 11 is 0. The Morgan fingerprint density at radius 2 is 2.07 bits per heavy atom. The van der Waals surface area contributed by atoms with Crippen molar-refractivity contribution in [2.24, 2.45) is 23.5 Å². The smallest absolute Gasteiger partial charge is 0.225 e. The number of ether oxygens (including phenoxy) is 2. The number of nitrogens with two attached hydrogens (primary N) is 1. The van der Waals surface area contributed by atoms with Crippen molar-refractivity contribution in [3.05, 3.63) is 29.8 Å². The molecule has 6 heteroatoms. The van der Waals surface area contributed by atoms with Gasteiger partial charge in [0.1, 0.15) is 12.4 Å². The summed E-state index contributed by atoms with van der Waals surface area (Å²) in [5, 5.41) is 3.09. The summed E-state index contributed by atoms with van der Waals surface area (Å²) in [5.41, 5.74) is 7.34. The third kappa shape index (κ3) is 4.45. The van der Waals surface area contributed by atoms with Gasteiger partial charge in [0.05, 0.1) is 19.1 Å². The van der Waals surface area contributed by atoms with Gasteiger partial charge < -0.3 is 20.5 Å². The SMILES string of the molecule is NC1C2CCC(C2)C1C(=O)NCc1cccc(OCCN2CCOCC2)c1. The second-order valence-electron chi connectivity index (χ2n) is 8.10. The van der Waals surface area contributed by atoms with Gasteiger partial charge in [-0.2, -0.15) is 0 Å². The quantitative estimate of drug-likeness (QED) is 0.755. The normalized spacial score (nSPS) is 30.4. The van der Waals surface area contributed by atoms with Crippen LogP contribution in [-0.4, -0.2) is 56.3 Å². The van der Waals surface area contributed by atoms with Gasteiger partial charge >= 0.3 is 0 Å². The minimum atomic E-state index is -0.00305. The van der Waals surface area contributed by atoms with E-state index < -0.39 is 0 Å². The van der Waals surface area contributed by atoms with E-state index in [-0.39, 0.29) is 17.9 Å². The van der Waals surface area contributed by atoms with Gasteiger partial charge in [-0.3, -0.25) is 9.69 Å². The van der Waals surface area contributed by atoms with Crippen molar-refractivity contribution in [3.8, 4) is 5.75 Å². The molecular formula is C21H31N3O3. The molecular weight excluding hydrogens is 342 g/mol. The van der Waals surface area contributed by atoms with E-state index in [0.29, 0.717) is 25.0 Å². The molecule has 148 valence electrons. The molecule has 4 atom stereocenters. The van der Waals surface area contributed by atoms with Crippen LogP contribution in [0.4, 0.5) is 0 Å². The van der Waals surface area contributed by atoms with E-state index in [1.807, 2.05) is 24.3 Å². The van der Waals surface area contributed by atoms with Crippen LogP contribution in [0.15, 0.2) is 24.3 Å². The van der Waals surface area contributed by atoms with Gasteiger partial charge in [0, 0.05) is 32.2 Å². The molecule has 3 N–H and O–H groups in total. The van der Waals surface area contributed by atoms with Gasteiger partial charge in [-0.25, -0.2) is 0 Å². The highest BCUT2D eigenvalue weighted by Crippen LogP contribution is 2.47. The Hall–Kier alpha value is -1.63. The Morgan fingerprint density at radius 1 is 1.26 bits per heavy atom. The lowest BCUT2D eigenvalue weighted by atomic mass is 9.84. The topological polar surface area (TPSA) is 76.8 Å². The Morgan fingerprint density at radius 3 is 2.85 bits per heavy atom. The van der Waals surface area contributed by atoms with Gasteiger partial charge in [-0.15, -0.1) is 0 Å². The Bertz CT molecular complexity index is 645. The number of hydrogen-bond donors (Lipinski definition) is 2. The number of morpholine rings is 1. The highest BCUT2D eigenvalue weighted by Gasteiger charge is 2.48. The van der Waals surface area contributed by atoms with E-state index in [2.05, 4.69) is 10.2 Å². The predicted octanol–water partition coefficient (Wildman–Crippen LogP) is 1.39. The third-order valence-electron chi connectivity index (χ3n) is 6.43. The van der Waals surface area contributed by atoms with Gasteiger partial charge in [-0.05, 0) is 48.8 Å². The largest absolute Gasteiger partial charge is 0.492 e. The number of carbonyl (C=O) groups is 1. The van der Waals surface area contributed by atoms with Gasteiger partial charge in [0.25, 0.3) is 0 Å². The van der Waals surface area contributed by atoms with Gasteiger partial charge in [-0.1, -0.05) is 12.1 Å². The number of fused-ring (bicyclic) bond motifs is 2. The van der Waals surface area contributed by atoms with Crippen molar-refractivity contribution in [1.29, 1.82) is 0 Å². The number of rotatable bonds is 7. The average Bonchev–Trinajstić information content (AvgIpc) is 3.29. The van der Waals surface area contributed by atoms with Gasteiger partial charge in [0.2, 0.25) is 5.91 Å². The molecule has 6 nitrogen and oxygen atoms in total. The number of nitrogens with one attached hydrogen (secondary N) is 1. The summed E-state index contributed by atoms with van der Waals surface area (Å²) < 4.78 is 11.3. The first kappa shape index (κ1) is 18.7. The van der Waals surface area contributed by atoms with Crippen LogP contribution in [0, 0.1) is 17.8 Å². The lowest BCUT2D eigenvalue weighted by Crippen LogP contribution is -2.45. The molecule has 0 aromatic heterocycles. The number of amides is 1. The molecule has 1 saturated heterocycles. The first-order valence-electron chi connectivity index (χ1n) is 10.3. The number of nitrogens with zero attached hydrogens (tertiary/aromatic N) is 1. The fourth-order valence-corrected chi connectivity index (χ4v) is 4.89.